The van der Waals surface area contributed by atoms with Crippen LogP contribution < -0.4 is 5.32 Å². The molecule has 0 aliphatic heterocycles. The molecule has 0 radical (unpaired) electrons. The summed E-state index contributed by atoms with van der Waals surface area (Å²) in [5.41, 5.74) is 0.981. The molecule has 0 saturated heterocycles. The highest BCUT2D eigenvalue weighted by molar-refractivity contribution is 9.10. The molecule has 0 saturated carbocycles. The molecule has 0 fully saturated rings. The van der Waals surface area contributed by atoms with Crippen LogP contribution in [0.3, 0.4) is 0 Å². The third-order valence-electron chi connectivity index (χ3n) is 1.98. The van der Waals surface area contributed by atoms with Gasteiger partial charge in [0.15, 0.2) is 0 Å². The number of aromatic nitrogens is 3. The molecule has 1 N–H and O–H groups in total. The summed E-state index contributed by atoms with van der Waals surface area (Å²) in [5, 5.41) is 7.44. The van der Waals surface area contributed by atoms with Crippen molar-refractivity contribution in [3.63, 3.8) is 0 Å². The van der Waals surface area contributed by atoms with Crippen LogP contribution in [0.4, 0.5) is 11.6 Å². The van der Waals surface area contributed by atoms with Crippen LogP contribution in [0.5, 0.6) is 0 Å². The van der Waals surface area contributed by atoms with Gasteiger partial charge in [0.2, 0.25) is 0 Å². The van der Waals surface area contributed by atoms with Crippen molar-refractivity contribution in [2.24, 2.45) is 7.05 Å². The topological polar surface area (TPSA) is 42.7 Å². The molecule has 2 aromatic heterocycles. The van der Waals surface area contributed by atoms with E-state index in [4.69, 9.17) is 0 Å². The van der Waals surface area contributed by atoms with Crippen LogP contribution in [0, 0.1) is 6.92 Å². The molecule has 0 amide bonds. The molecule has 0 aliphatic carbocycles. The van der Waals surface area contributed by atoms with E-state index in [1.807, 2.05) is 32.2 Å². The molecule has 2 heterocycles. The molecular weight excluding hydrogens is 256 g/mol. The third-order valence-corrected chi connectivity index (χ3v) is 2.47. The normalized spacial score (nSPS) is 10.3. The maximum atomic E-state index is 4.24. The van der Waals surface area contributed by atoms with Gasteiger partial charge in [-0.1, -0.05) is 15.9 Å². The minimum atomic E-state index is 0.798. The summed E-state index contributed by atoms with van der Waals surface area (Å²) in [4.78, 5) is 4.20. The Bertz CT molecular complexity index is 478. The quantitative estimate of drug-likeness (QED) is 0.909. The summed E-state index contributed by atoms with van der Waals surface area (Å²) < 4.78 is 2.79. The highest BCUT2D eigenvalue weighted by Crippen LogP contribution is 2.18. The van der Waals surface area contributed by atoms with Gasteiger partial charge in [-0.2, -0.15) is 5.10 Å². The molecule has 78 valence electrons. The number of halogens is 1. The fourth-order valence-electron chi connectivity index (χ4n) is 1.33. The number of hydrogen-bond acceptors (Lipinski definition) is 3. The van der Waals surface area contributed by atoms with E-state index in [1.165, 1.54) is 0 Å². The number of nitrogens with one attached hydrogen (secondary N) is 1. The van der Waals surface area contributed by atoms with E-state index in [9.17, 15) is 0 Å². The molecule has 0 aliphatic rings. The van der Waals surface area contributed by atoms with E-state index < -0.39 is 0 Å². The van der Waals surface area contributed by atoms with Crippen LogP contribution in [0.1, 0.15) is 5.69 Å². The summed E-state index contributed by atoms with van der Waals surface area (Å²) in [7, 11) is 1.90. The van der Waals surface area contributed by atoms with Crippen LogP contribution in [0.25, 0.3) is 0 Å². The molecule has 2 rings (SSSR count). The van der Waals surface area contributed by atoms with Gasteiger partial charge in [-0.05, 0) is 19.1 Å². The van der Waals surface area contributed by atoms with Crippen LogP contribution in [-0.4, -0.2) is 14.8 Å². The van der Waals surface area contributed by atoms with Gasteiger partial charge in [0.05, 0.1) is 5.69 Å². The number of rotatable bonds is 2. The second kappa shape index (κ2) is 4.02. The molecule has 0 spiro atoms. The first kappa shape index (κ1) is 10.2. The minimum Gasteiger partial charge on any atom is -0.325 e. The predicted molar refractivity (Wildman–Crippen MR) is 63.2 cm³/mol. The fourth-order valence-corrected chi connectivity index (χ4v) is 1.67. The van der Waals surface area contributed by atoms with Crippen LogP contribution in [0.2, 0.25) is 0 Å². The Kier molecular flexibility index (Phi) is 2.73. The van der Waals surface area contributed by atoms with Gasteiger partial charge in [0.1, 0.15) is 11.6 Å². The Hall–Kier alpha value is -1.36. The standard InChI is InChI=1S/C10H11BrN4/c1-7-5-10(15(2)14-7)13-9-6-8(11)3-4-12-9/h3-6H,1-2H3,(H,12,13). The van der Waals surface area contributed by atoms with Crippen molar-refractivity contribution >= 4 is 27.6 Å². The van der Waals surface area contributed by atoms with Crippen molar-refractivity contribution in [3.05, 3.63) is 34.6 Å². The number of pyridine rings is 1. The van der Waals surface area contributed by atoms with E-state index in [1.54, 1.807) is 10.9 Å². The van der Waals surface area contributed by atoms with Crippen molar-refractivity contribution in [1.29, 1.82) is 0 Å². The molecular formula is C10H11BrN4. The molecule has 4 nitrogen and oxygen atoms in total. The van der Waals surface area contributed by atoms with Gasteiger partial charge in [0.25, 0.3) is 0 Å². The van der Waals surface area contributed by atoms with Gasteiger partial charge in [-0.25, -0.2) is 4.98 Å². The van der Waals surface area contributed by atoms with E-state index in [0.29, 0.717) is 0 Å². The molecule has 0 bridgehead atoms. The van der Waals surface area contributed by atoms with Crippen LogP contribution in [-0.2, 0) is 7.05 Å². The first-order chi connectivity index (χ1) is 7.15. The Morgan fingerprint density at radius 1 is 1.40 bits per heavy atom. The lowest BCUT2D eigenvalue weighted by atomic mass is 10.4. The van der Waals surface area contributed by atoms with E-state index in [-0.39, 0.29) is 0 Å². The van der Waals surface area contributed by atoms with E-state index in [0.717, 1.165) is 21.8 Å². The van der Waals surface area contributed by atoms with Gasteiger partial charge in [0, 0.05) is 23.8 Å². The van der Waals surface area contributed by atoms with E-state index >= 15 is 0 Å². The fraction of sp³-hybridized carbons (Fsp3) is 0.200. The molecule has 15 heavy (non-hydrogen) atoms. The van der Waals surface area contributed by atoms with Crippen LogP contribution in [0.15, 0.2) is 28.9 Å². The van der Waals surface area contributed by atoms with E-state index in [2.05, 4.69) is 31.3 Å². The number of aryl methyl sites for hydroxylation is 2. The van der Waals surface area contributed by atoms with Crippen molar-refractivity contribution < 1.29 is 0 Å². The lowest BCUT2D eigenvalue weighted by Crippen LogP contribution is -2.00. The lowest BCUT2D eigenvalue weighted by Gasteiger charge is -2.04. The average molecular weight is 267 g/mol. The van der Waals surface area contributed by atoms with Gasteiger partial charge < -0.3 is 5.32 Å². The molecule has 0 unspecified atom stereocenters. The second-order valence-corrected chi connectivity index (χ2v) is 4.19. The number of hydrogen-bond donors (Lipinski definition) is 1. The summed E-state index contributed by atoms with van der Waals surface area (Å²) >= 11 is 3.40. The second-order valence-electron chi connectivity index (χ2n) is 3.28. The monoisotopic (exact) mass is 266 g/mol. The van der Waals surface area contributed by atoms with Crippen molar-refractivity contribution in [2.75, 3.05) is 5.32 Å². The molecule has 2 aromatic rings. The zero-order chi connectivity index (χ0) is 10.8. The smallest absolute Gasteiger partial charge is 0.132 e. The number of nitrogens with zero attached hydrogens (tertiary/aromatic N) is 3. The first-order valence-corrected chi connectivity index (χ1v) is 5.33. The molecule has 0 aromatic carbocycles. The highest BCUT2D eigenvalue weighted by Gasteiger charge is 2.02. The lowest BCUT2D eigenvalue weighted by molar-refractivity contribution is 0.764. The molecule has 0 atom stereocenters. The Morgan fingerprint density at radius 2 is 2.20 bits per heavy atom. The van der Waals surface area contributed by atoms with Crippen molar-refractivity contribution in [2.45, 2.75) is 6.92 Å². The van der Waals surface area contributed by atoms with Gasteiger partial charge in [-0.3, -0.25) is 4.68 Å². The summed E-state index contributed by atoms with van der Waals surface area (Å²) in [5.74, 6) is 1.73. The molecule has 5 heteroatoms. The average Bonchev–Trinajstić information content (AvgIpc) is 2.45. The summed E-state index contributed by atoms with van der Waals surface area (Å²) in [6.45, 7) is 1.96. The predicted octanol–water partition coefficient (Wildman–Crippen LogP) is 2.63. The van der Waals surface area contributed by atoms with Gasteiger partial charge in [-0.15, -0.1) is 0 Å². The Morgan fingerprint density at radius 3 is 2.80 bits per heavy atom. The SMILES string of the molecule is Cc1cc(Nc2cc(Br)ccn2)n(C)n1. The number of anilines is 2. The first-order valence-electron chi connectivity index (χ1n) is 4.54. The zero-order valence-electron chi connectivity index (χ0n) is 8.53. The maximum absolute atomic E-state index is 4.24. The minimum absolute atomic E-state index is 0.798. The van der Waals surface area contributed by atoms with Crippen molar-refractivity contribution in [3.8, 4) is 0 Å². The summed E-state index contributed by atoms with van der Waals surface area (Å²) in [6, 6.07) is 5.78. The third kappa shape index (κ3) is 2.36. The summed E-state index contributed by atoms with van der Waals surface area (Å²) in [6.07, 6.45) is 1.75. The Labute approximate surface area is 96.5 Å². The maximum Gasteiger partial charge on any atom is 0.132 e. The van der Waals surface area contributed by atoms with Crippen molar-refractivity contribution in [1.82, 2.24) is 14.8 Å². The largest absolute Gasteiger partial charge is 0.325 e. The zero-order valence-corrected chi connectivity index (χ0v) is 10.1. The highest BCUT2D eigenvalue weighted by atomic mass is 79.9. The Balaban J connectivity index is 2.25. The van der Waals surface area contributed by atoms with Crippen LogP contribution >= 0.6 is 15.9 Å². The van der Waals surface area contributed by atoms with Gasteiger partial charge >= 0.3 is 0 Å².